The number of carbonyl (C=O) groups is 3. The van der Waals surface area contributed by atoms with Crippen LogP contribution in [-0.2, 0) is 4.79 Å². The third-order valence-corrected chi connectivity index (χ3v) is 6.16. The first-order valence-corrected chi connectivity index (χ1v) is 9.85. The number of benzene rings is 1. The van der Waals surface area contributed by atoms with E-state index in [4.69, 9.17) is 5.73 Å². The van der Waals surface area contributed by atoms with Gasteiger partial charge in [-0.15, -0.1) is 11.3 Å². The van der Waals surface area contributed by atoms with Crippen molar-refractivity contribution in [3.05, 3.63) is 51.7 Å². The molecule has 1 aliphatic rings. The predicted octanol–water partition coefficient (Wildman–Crippen LogP) is 3.09. The van der Waals surface area contributed by atoms with Gasteiger partial charge in [-0.2, -0.15) is 0 Å². The van der Waals surface area contributed by atoms with Crippen molar-refractivity contribution < 1.29 is 18.8 Å². The van der Waals surface area contributed by atoms with Crippen molar-refractivity contribution >= 4 is 34.1 Å². The molecule has 0 aliphatic carbocycles. The van der Waals surface area contributed by atoms with Crippen molar-refractivity contribution in [2.45, 2.75) is 26.7 Å². The summed E-state index contributed by atoms with van der Waals surface area (Å²) in [5.41, 5.74) is 6.96. The molecule has 3 rings (SSSR count). The Morgan fingerprint density at radius 3 is 2.54 bits per heavy atom. The zero-order chi connectivity index (χ0) is 20.4. The van der Waals surface area contributed by atoms with E-state index in [1.807, 2.05) is 6.92 Å². The molecular formula is C20H22FN3O3S. The lowest BCUT2D eigenvalue weighted by Crippen LogP contribution is -2.43. The molecule has 2 heterocycles. The molecule has 1 aromatic carbocycles. The highest BCUT2D eigenvalue weighted by Crippen LogP contribution is 2.33. The number of nitrogens with one attached hydrogen (secondary N) is 1. The number of hydrogen-bond donors (Lipinski definition) is 2. The smallest absolute Gasteiger partial charge is 0.253 e. The fourth-order valence-corrected chi connectivity index (χ4v) is 4.45. The number of carbonyl (C=O) groups excluding carboxylic acids is 3. The number of rotatable bonds is 4. The van der Waals surface area contributed by atoms with E-state index in [2.05, 4.69) is 5.32 Å². The maximum Gasteiger partial charge on any atom is 0.253 e. The van der Waals surface area contributed by atoms with Gasteiger partial charge in [0.05, 0.1) is 11.5 Å². The van der Waals surface area contributed by atoms with Crippen LogP contribution in [0.1, 0.15) is 44.0 Å². The number of anilines is 1. The SMILES string of the molecule is Cc1sc(NC(=O)C2CCCN(C(=O)c3ccc(F)cc3)C2)c(C(N)=O)c1C. The van der Waals surface area contributed by atoms with Crippen molar-refractivity contribution in [1.29, 1.82) is 0 Å². The number of nitrogens with two attached hydrogens (primary N) is 1. The normalized spacial score (nSPS) is 16.7. The van der Waals surface area contributed by atoms with Crippen LogP contribution in [0.3, 0.4) is 0 Å². The molecule has 0 saturated carbocycles. The second kappa shape index (κ2) is 8.10. The molecule has 1 aromatic heterocycles. The van der Waals surface area contributed by atoms with Crippen LogP contribution < -0.4 is 11.1 Å². The number of amides is 3. The van der Waals surface area contributed by atoms with E-state index < -0.39 is 11.7 Å². The molecule has 3 amide bonds. The topological polar surface area (TPSA) is 92.5 Å². The number of piperidine rings is 1. The quantitative estimate of drug-likeness (QED) is 0.822. The van der Waals surface area contributed by atoms with E-state index in [0.717, 1.165) is 10.4 Å². The molecule has 1 saturated heterocycles. The van der Waals surface area contributed by atoms with Crippen LogP contribution in [0, 0.1) is 25.6 Å². The molecule has 6 nitrogen and oxygen atoms in total. The van der Waals surface area contributed by atoms with Gasteiger partial charge in [0.2, 0.25) is 5.91 Å². The van der Waals surface area contributed by atoms with Gasteiger partial charge in [-0.1, -0.05) is 0 Å². The number of likely N-dealkylation sites (tertiary alicyclic amines) is 1. The molecule has 2 aromatic rings. The summed E-state index contributed by atoms with van der Waals surface area (Å²) in [6.45, 7) is 4.48. The third kappa shape index (κ3) is 4.06. The van der Waals surface area contributed by atoms with Crippen molar-refractivity contribution in [3.8, 4) is 0 Å². The zero-order valence-electron chi connectivity index (χ0n) is 15.8. The number of primary amides is 1. The van der Waals surface area contributed by atoms with E-state index in [1.165, 1.54) is 35.6 Å². The molecule has 1 unspecified atom stereocenters. The number of thiophene rings is 1. The minimum atomic E-state index is -0.575. The molecule has 8 heteroatoms. The largest absolute Gasteiger partial charge is 0.365 e. The monoisotopic (exact) mass is 403 g/mol. The Hall–Kier alpha value is -2.74. The number of nitrogens with zero attached hydrogens (tertiary/aromatic N) is 1. The Balaban J connectivity index is 1.71. The van der Waals surface area contributed by atoms with Crippen LogP contribution in [0.2, 0.25) is 0 Å². The first-order chi connectivity index (χ1) is 13.3. The standard InChI is InChI=1S/C20H22FN3O3S/c1-11-12(2)28-19(16(11)17(22)25)23-18(26)14-4-3-9-24(10-14)20(27)13-5-7-15(21)8-6-13/h5-8,14H,3-4,9-10H2,1-2H3,(H2,22,25)(H,23,26). The molecule has 1 fully saturated rings. The van der Waals surface area contributed by atoms with E-state index in [9.17, 15) is 18.8 Å². The van der Waals surface area contributed by atoms with Gasteiger partial charge in [-0.25, -0.2) is 4.39 Å². The molecule has 148 valence electrons. The van der Waals surface area contributed by atoms with Crippen molar-refractivity contribution in [1.82, 2.24) is 4.90 Å². The van der Waals surface area contributed by atoms with Crippen LogP contribution in [0.15, 0.2) is 24.3 Å². The number of aryl methyl sites for hydroxylation is 1. The molecule has 1 atom stereocenters. The average Bonchev–Trinajstić information content (AvgIpc) is 2.95. The van der Waals surface area contributed by atoms with Gasteiger partial charge in [-0.05, 0) is 56.5 Å². The molecular weight excluding hydrogens is 381 g/mol. The highest BCUT2D eigenvalue weighted by Gasteiger charge is 2.30. The lowest BCUT2D eigenvalue weighted by Gasteiger charge is -2.32. The molecule has 0 radical (unpaired) electrons. The van der Waals surface area contributed by atoms with Crippen molar-refractivity contribution in [2.75, 3.05) is 18.4 Å². The Kier molecular flexibility index (Phi) is 5.79. The van der Waals surface area contributed by atoms with E-state index >= 15 is 0 Å². The van der Waals surface area contributed by atoms with Gasteiger partial charge in [0.25, 0.3) is 11.8 Å². The van der Waals surface area contributed by atoms with E-state index in [0.29, 0.717) is 35.5 Å². The molecule has 1 aliphatic heterocycles. The van der Waals surface area contributed by atoms with Gasteiger partial charge in [0.1, 0.15) is 10.8 Å². The summed E-state index contributed by atoms with van der Waals surface area (Å²) in [6, 6.07) is 5.37. The Morgan fingerprint density at radius 2 is 1.89 bits per heavy atom. The summed E-state index contributed by atoms with van der Waals surface area (Å²) in [7, 11) is 0. The second-order valence-corrected chi connectivity index (χ2v) is 8.16. The van der Waals surface area contributed by atoms with Crippen LogP contribution in [0.5, 0.6) is 0 Å². The first-order valence-electron chi connectivity index (χ1n) is 9.03. The Morgan fingerprint density at radius 1 is 1.21 bits per heavy atom. The summed E-state index contributed by atoms with van der Waals surface area (Å²) >= 11 is 1.32. The maximum absolute atomic E-state index is 13.1. The van der Waals surface area contributed by atoms with Gasteiger partial charge >= 0.3 is 0 Å². The molecule has 3 N–H and O–H groups in total. The van der Waals surface area contributed by atoms with Crippen LogP contribution in [0.25, 0.3) is 0 Å². The zero-order valence-corrected chi connectivity index (χ0v) is 16.6. The number of hydrogen-bond acceptors (Lipinski definition) is 4. The molecule has 0 bridgehead atoms. The summed E-state index contributed by atoms with van der Waals surface area (Å²) in [5, 5.41) is 3.27. The fraction of sp³-hybridized carbons (Fsp3) is 0.350. The number of halogens is 1. The Bertz CT molecular complexity index is 924. The second-order valence-electron chi connectivity index (χ2n) is 6.94. The lowest BCUT2D eigenvalue weighted by atomic mass is 9.96. The predicted molar refractivity (Wildman–Crippen MR) is 106 cm³/mol. The maximum atomic E-state index is 13.1. The van der Waals surface area contributed by atoms with E-state index in [1.54, 1.807) is 11.8 Å². The van der Waals surface area contributed by atoms with Gasteiger partial charge in [-0.3, -0.25) is 14.4 Å². The van der Waals surface area contributed by atoms with Crippen LogP contribution in [0.4, 0.5) is 9.39 Å². The lowest BCUT2D eigenvalue weighted by molar-refractivity contribution is -0.121. The minimum absolute atomic E-state index is 0.224. The summed E-state index contributed by atoms with van der Waals surface area (Å²) in [5.74, 6) is -1.83. The molecule has 28 heavy (non-hydrogen) atoms. The Labute approximate surface area is 166 Å². The third-order valence-electron chi connectivity index (χ3n) is 5.04. The minimum Gasteiger partial charge on any atom is -0.365 e. The summed E-state index contributed by atoms with van der Waals surface area (Å²) in [6.07, 6.45) is 1.34. The van der Waals surface area contributed by atoms with Crippen molar-refractivity contribution in [3.63, 3.8) is 0 Å². The highest BCUT2D eigenvalue weighted by atomic mass is 32.1. The van der Waals surface area contributed by atoms with Gasteiger partial charge < -0.3 is 16.0 Å². The van der Waals surface area contributed by atoms with Gasteiger partial charge in [0, 0.05) is 23.5 Å². The summed E-state index contributed by atoms with van der Waals surface area (Å²) < 4.78 is 13.1. The van der Waals surface area contributed by atoms with Crippen molar-refractivity contribution in [2.24, 2.45) is 11.7 Å². The molecule has 0 spiro atoms. The van der Waals surface area contributed by atoms with Gasteiger partial charge in [0.15, 0.2) is 0 Å². The summed E-state index contributed by atoms with van der Waals surface area (Å²) in [4.78, 5) is 39.7. The highest BCUT2D eigenvalue weighted by molar-refractivity contribution is 7.16. The fourth-order valence-electron chi connectivity index (χ4n) is 3.38. The van der Waals surface area contributed by atoms with Crippen LogP contribution in [-0.4, -0.2) is 35.7 Å². The van der Waals surface area contributed by atoms with E-state index in [-0.39, 0.29) is 24.3 Å². The average molecular weight is 403 g/mol. The first kappa shape index (κ1) is 20.0. The van der Waals surface area contributed by atoms with Crippen LogP contribution >= 0.6 is 11.3 Å².